The lowest BCUT2D eigenvalue weighted by Crippen LogP contribution is -2.57. The molecule has 0 fully saturated rings. The van der Waals surface area contributed by atoms with Gasteiger partial charge in [0.15, 0.2) is 0 Å². The molecule has 0 radical (unpaired) electrons. The standard InChI is InChI=1S/C53H46Si/c1-52(2)47-24-13-12-20-42(47)45-33-32-40(44-22-15-25-48(52)50(44)45)35-26-28-36(29-27-35)41-21-14-23-46-43-31-30-39(34-49(43)53(3,4)51(41)46)54(5,37-16-8-6-9-17-37)38-18-10-7-11-19-38/h6,8-10,12-34H,7,11H2,1-5H3/q-1. The first-order valence-electron chi connectivity index (χ1n) is 19.7. The monoisotopic (exact) mass is 710 g/mol. The molecule has 263 valence electrons. The van der Waals surface area contributed by atoms with E-state index in [9.17, 15) is 0 Å². The van der Waals surface area contributed by atoms with Crippen molar-refractivity contribution in [3.05, 3.63) is 191 Å². The fraction of sp³-hybridized carbons (Fsp3) is 0.170. The van der Waals surface area contributed by atoms with Crippen LogP contribution >= 0.6 is 0 Å². The van der Waals surface area contributed by atoms with Gasteiger partial charge in [-0.3, -0.25) is 0 Å². The summed E-state index contributed by atoms with van der Waals surface area (Å²) < 4.78 is 0. The Kier molecular flexibility index (Phi) is 7.36. The molecule has 0 heterocycles. The maximum atomic E-state index is 2.59. The zero-order valence-corrected chi connectivity index (χ0v) is 33.0. The van der Waals surface area contributed by atoms with Crippen LogP contribution in [-0.2, 0) is 10.8 Å². The molecule has 10 rings (SSSR count). The molecule has 0 aromatic heterocycles. The van der Waals surface area contributed by atoms with Gasteiger partial charge in [-0.2, -0.15) is 22.1 Å². The first-order chi connectivity index (χ1) is 26.2. The largest absolute Gasteiger partial charge is 0.180 e. The molecule has 3 aliphatic carbocycles. The summed E-state index contributed by atoms with van der Waals surface area (Å²) >= 11 is 0. The van der Waals surface area contributed by atoms with Crippen LogP contribution in [0.2, 0.25) is 6.55 Å². The van der Waals surface area contributed by atoms with E-state index in [1.165, 1.54) is 93.1 Å². The van der Waals surface area contributed by atoms with Gasteiger partial charge >= 0.3 is 0 Å². The molecule has 0 N–H and O–H groups in total. The fourth-order valence-electron chi connectivity index (χ4n) is 10.3. The summed E-state index contributed by atoms with van der Waals surface area (Å²) in [6, 6.07) is 55.6. The van der Waals surface area contributed by atoms with E-state index in [0.717, 1.165) is 12.8 Å². The van der Waals surface area contributed by atoms with Crippen molar-refractivity contribution < 1.29 is 0 Å². The molecule has 1 heteroatoms. The molecule has 0 aliphatic heterocycles. The van der Waals surface area contributed by atoms with Crippen LogP contribution in [0, 0.1) is 0 Å². The third-order valence-corrected chi connectivity index (χ3v) is 17.8. The molecule has 1 unspecified atom stereocenters. The summed E-state index contributed by atoms with van der Waals surface area (Å²) in [6.07, 6.45) is 9.57. The number of allylic oxidation sites excluding steroid dienone is 4. The third kappa shape index (κ3) is 4.67. The molecule has 0 amide bonds. The number of benzene rings is 7. The van der Waals surface area contributed by atoms with Gasteiger partial charge in [-0.05, 0) is 90.4 Å². The Hall–Kier alpha value is -5.50. The summed E-state index contributed by atoms with van der Waals surface area (Å²) in [4.78, 5) is 0. The Morgan fingerprint density at radius 1 is 0.463 bits per heavy atom. The summed E-state index contributed by atoms with van der Waals surface area (Å²) in [7, 11) is -2.20. The smallest absolute Gasteiger partial charge is 0.0163 e. The van der Waals surface area contributed by atoms with Crippen molar-refractivity contribution in [3.8, 4) is 44.5 Å². The molecule has 54 heavy (non-hydrogen) atoms. The van der Waals surface area contributed by atoms with Crippen LogP contribution < -0.4 is 10.4 Å². The summed E-state index contributed by atoms with van der Waals surface area (Å²) in [6.45, 7) is 12.2. The predicted octanol–water partition coefficient (Wildman–Crippen LogP) is 12.8. The first-order valence-corrected chi connectivity index (χ1v) is 22.2. The average Bonchev–Trinajstić information content (AvgIpc) is 3.45. The molecule has 0 bridgehead atoms. The van der Waals surface area contributed by atoms with Gasteiger partial charge in [0.25, 0.3) is 0 Å². The maximum Gasteiger partial charge on any atom is 0.0163 e. The molecule has 0 saturated heterocycles. The SMILES string of the molecule is CC1(C)c2cc([Si-](C)(C3=CCCC=C3)c3ccccc3)ccc2-c2cccc(-c3ccc(-c4ccc5c6c(cccc46)C(C)(C)c4ccccc4-5)cc3)c21. The number of rotatable bonds is 5. The Bertz CT molecular complexity index is 2700. The van der Waals surface area contributed by atoms with E-state index >= 15 is 0 Å². The van der Waals surface area contributed by atoms with E-state index in [-0.39, 0.29) is 10.8 Å². The molecule has 7 aromatic rings. The molecule has 0 nitrogen and oxygen atoms in total. The minimum absolute atomic E-state index is 0.0586. The van der Waals surface area contributed by atoms with Gasteiger partial charge in [0.05, 0.1) is 0 Å². The second-order valence-corrected chi connectivity index (χ2v) is 20.9. The lowest BCUT2D eigenvalue weighted by Gasteiger charge is -2.44. The fourth-order valence-corrected chi connectivity index (χ4v) is 14.0. The maximum absolute atomic E-state index is 2.59. The van der Waals surface area contributed by atoms with Gasteiger partial charge in [-0.1, -0.05) is 194 Å². The highest BCUT2D eigenvalue weighted by molar-refractivity contribution is 7.07. The van der Waals surface area contributed by atoms with Gasteiger partial charge in [0.2, 0.25) is 0 Å². The van der Waals surface area contributed by atoms with Crippen molar-refractivity contribution in [2.24, 2.45) is 0 Å². The van der Waals surface area contributed by atoms with Crippen LogP contribution in [0.25, 0.3) is 55.3 Å². The number of fused-ring (bicyclic) bond motifs is 5. The Labute approximate surface area is 321 Å². The van der Waals surface area contributed by atoms with Crippen LogP contribution in [0.5, 0.6) is 0 Å². The molecular formula is C53H46Si-. The molecule has 0 spiro atoms. The Morgan fingerprint density at radius 3 is 1.87 bits per heavy atom. The van der Waals surface area contributed by atoms with Crippen molar-refractivity contribution in [1.29, 1.82) is 0 Å². The minimum Gasteiger partial charge on any atom is -0.180 e. The number of hydrogen-bond donors (Lipinski definition) is 0. The van der Waals surface area contributed by atoms with Crippen LogP contribution in [0.3, 0.4) is 0 Å². The third-order valence-electron chi connectivity index (χ3n) is 13.3. The first kappa shape index (κ1) is 33.1. The zero-order chi connectivity index (χ0) is 36.8. The van der Waals surface area contributed by atoms with E-state index in [1.54, 1.807) is 0 Å². The molecular weight excluding hydrogens is 665 g/mol. The topological polar surface area (TPSA) is 0 Å². The lowest BCUT2D eigenvalue weighted by atomic mass is 9.68. The van der Waals surface area contributed by atoms with Crippen molar-refractivity contribution in [1.82, 2.24) is 0 Å². The Morgan fingerprint density at radius 2 is 1.09 bits per heavy atom. The van der Waals surface area contributed by atoms with Crippen molar-refractivity contribution in [3.63, 3.8) is 0 Å². The van der Waals surface area contributed by atoms with Crippen LogP contribution in [0.4, 0.5) is 0 Å². The van der Waals surface area contributed by atoms with Gasteiger partial charge in [-0.25, -0.2) is 0 Å². The second-order valence-electron chi connectivity index (χ2n) is 16.9. The molecule has 1 atom stereocenters. The van der Waals surface area contributed by atoms with Crippen molar-refractivity contribution in [2.45, 2.75) is 57.9 Å². The van der Waals surface area contributed by atoms with E-state index in [4.69, 9.17) is 0 Å². The summed E-state index contributed by atoms with van der Waals surface area (Å²) in [5, 5.41) is 7.22. The van der Waals surface area contributed by atoms with Crippen molar-refractivity contribution >= 4 is 29.2 Å². The van der Waals surface area contributed by atoms with Gasteiger partial charge in [0.1, 0.15) is 0 Å². The molecule has 3 aliphatic rings. The van der Waals surface area contributed by atoms with Crippen molar-refractivity contribution in [2.75, 3.05) is 0 Å². The Balaban J connectivity index is 1.05. The average molecular weight is 711 g/mol. The van der Waals surface area contributed by atoms with E-state index < -0.39 is 8.07 Å². The highest BCUT2D eigenvalue weighted by Crippen LogP contribution is 2.53. The highest BCUT2D eigenvalue weighted by Gasteiger charge is 2.38. The van der Waals surface area contributed by atoms with Crippen LogP contribution in [0.15, 0.2) is 169 Å². The second kappa shape index (κ2) is 12.0. The van der Waals surface area contributed by atoms with Gasteiger partial charge in [-0.15, -0.1) is 6.08 Å². The lowest BCUT2D eigenvalue weighted by molar-refractivity contribution is 0.645. The van der Waals surface area contributed by atoms with Crippen LogP contribution in [-0.4, -0.2) is 8.07 Å². The summed E-state index contributed by atoms with van der Waals surface area (Å²) in [5.74, 6) is 0. The quantitative estimate of drug-likeness (QED) is 0.156. The minimum atomic E-state index is -2.20. The van der Waals surface area contributed by atoms with E-state index in [2.05, 4.69) is 198 Å². The number of hydrogen-bond acceptors (Lipinski definition) is 0. The highest BCUT2D eigenvalue weighted by atomic mass is 28.3. The summed E-state index contributed by atoms with van der Waals surface area (Å²) in [5.41, 5.74) is 16.1. The van der Waals surface area contributed by atoms with Gasteiger partial charge in [0, 0.05) is 10.8 Å². The predicted molar refractivity (Wildman–Crippen MR) is 234 cm³/mol. The van der Waals surface area contributed by atoms with Gasteiger partial charge < -0.3 is 0 Å². The normalized spacial score (nSPS) is 16.9. The molecule has 7 aromatic carbocycles. The zero-order valence-electron chi connectivity index (χ0n) is 32.0. The van der Waals surface area contributed by atoms with E-state index in [1.807, 2.05) is 0 Å². The molecule has 0 saturated carbocycles. The van der Waals surface area contributed by atoms with E-state index in [0.29, 0.717) is 0 Å². The van der Waals surface area contributed by atoms with Crippen LogP contribution in [0.1, 0.15) is 62.8 Å².